The van der Waals surface area contributed by atoms with Crippen LogP contribution in [0.5, 0.6) is 0 Å². The van der Waals surface area contributed by atoms with Gasteiger partial charge in [-0.3, -0.25) is 0 Å². The highest BCUT2D eigenvalue weighted by molar-refractivity contribution is 6.30. The molecule has 0 saturated carbocycles. The fraction of sp³-hybridized carbons (Fsp3) is 0.294. The van der Waals surface area contributed by atoms with Gasteiger partial charge < -0.3 is 34.8 Å². The maximum absolute atomic E-state index is 13.4. The molecule has 0 unspecified atom stereocenters. The van der Waals surface area contributed by atoms with Gasteiger partial charge >= 0.3 is 0 Å². The highest BCUT2D eigenvalue weighted by Gasteiger charge is 2.47. The largest absolute Gasteiger partial charge is 0.409 e. The van der Waals surface area contributed by atoms with Crippen molar-refractivity contribution in [1.29, 1.82) is 0 Å². The molecule has 9 nitrogen and oxygen atoms in total. The number of nitrogens with zero attached hydrogens (tertiary/aromatic N) is 3. The minimum atomic E-state index is -1.43. The van der Waals surface area contributed by atoms with E-state index in [-0.39, 0.29) is 16.1 Å². The Labute approximate surface area is 161 Å². The Morgan fingerprint density at radius 3 is 2.79 bits per heavy atom. The summed E-state index contributed by atoms with van der Waals surface area (Å²) in [6.07, 6.45) is -3.54. The molecule has 1 fully saturated rings. The smallest absolute Gasteiger partial charge is 0.203 e. The molecule has 3 aromatic rings. The second-order valence-corrected chi connectivity index (χ2v) is 6.81. The van der Waals surface area contributed by atoms with Crippen molar-refractivity contribution < 1.29 is 29.7 Å². The van der Waals surface area contributed by atoms with E-state index in [2.05, 4.69) is 15.1 Å². The molecule has 11 heteroatoms. The summed E-state index contributed by atoms with van der Waals surface area (Å²) in [4.78, 5) is 6.74. The molecule has 1 aliphatic heterocycles. The highest BCUT2D eigenvalue weighted by Crippen LogP contribution is 2.37. The fourth-order valence-electron chi connectivity index (χ4n) is 3.36. The number of aromatic nitrogens is 3. The first-order valence-electron chi connectivity index (χ1n) is 8.29. The number of halogens is 2. The quantitative estimate of drug-likeness (QED) is 0.320. The molecule has 5 atom stereocenters. The third-order valence-corrected chi connectivity index (χ3v) is 5.07. The first-order chi connectivity index (χ1) is 13.4. The number of ether oxygens (including phenoxy) is 1. The van der Waals surface area contributed by atoms with E-state index in [1.165, 1.54) is 23.0 Å². The van der Waals surface area contributed by atoms with Gasteiger partial charge in [0.25, 0.3) is 0 Å². The zero-order valence-electron chi connectivity index (χ0n) is 14.1. The van der Waals surface area contributed by atoms with Crippen molar-refractivity contribution >= 4 is 22.6 Å². The third-order valence-electron chi connectivity index (χ3n) is 4.78. The topological polar surface area (TPSA) is 136 Å². The average Bonchev–Trinajstić information content (AvgIpc) is 3.25. The summed E-state index contributed by atoms with van der Waals surface area (Å²) in [7, 11) is 0. The van der Waals surface area contributed by atoms with Gasteiger partial charge in [0.05, 0.1) is 16.7 Å². The summed E-state index contributed by atoms with van der Waals surface area (Å²) in [5, 5.41) is 43.9. The van der Waals surface area contributed by atoms with Crippen molar-refractivity contribution in [2.45, 2.75) is 30.6 Å². The van der Waals surface area contributed by atoms with Gasteiger partial charge in [-0.15, -0.1) is 0 Å². The maximum Gasteiger partial charge on any atom is 0.203 e. The summed E-state index contributed by atoms with van der Waals surface area (Å²) in [5.74, 6) is -0.642. The van der Waals surface area contributed by atoms with E-state index in [0.717, 1.165) is 6.07 Å². The van der Waals surface area contributed by atoms with E-state index >= 15 is 0 Å². The molecule has 0 aliphatic carbocycles. The molecule has 4 rings (SSSR count). The van der Waals surface area contributed by atoms with Crippen LogP contribution in [0.1, 0.15) is 17.9 Å². The molecular weight excluding hydrogens is 395 g/mol. The second kappa shape index (κ2) is 7.15. The first-order valence-corrected chi connectivity index (χ1v) is 8.67. The zero-order valence-corrected chi connectivity index (χ0v) is 14.9. The van der Waals surface area contributed by atoms with Crippen LogP contribution in [-0.4, -0.2) is 53.4 Å². The van der Waals surface area contributed by atoms with Crippen LogP contribution in [0.4, 0.5) is 4.39 Å². The number of hydrogen-bond donors (Lipinski definition) is 5. The Bertz CT molecular complexity index is 1090. The van der Waals surface area contributed by atoms with Gasteiger partial charge in [-0.05, 0) is 23.8 Å². The molecule has 0 amide bonds. The fourth-order valence-corrected chi connectivity index (χ4v) is 3.55. The van der Waals surface area contributed by atoms with E-state index in [1.807, 2.05) is 0 Å². The third kappa shape index (κ3) is 2.95. The summed E-state index contributed by atoms with van der Waals surface area (Å²) in [5.41, 5.74) is 0.731. The number of aliphatic hydroxyl groups is 3. The van der Waals surface area contributed by atoms with Crippen LogP contribution in [0, 0.1) is 5.82 Å². The van der Waals surface area contributed by atoms with Crippen molar-refractivity contribution in [2.75, 3.05) is 0 Å². The number of fused-ring (bicyclic) bond motifs is 1. The van der Waals surface area contributed by atoms with E-state index in [0.29, 0.717) is 11.0 Å². The van der Waals surface area contributed by atoms with Crippen LogP contribution in [0.2, 0.25) is 5.02 Å². The maximum atomic E-state index is 13.4. The van der Waals surface area contributed by atoms with Crippen LogP contribution >= 0.6 is 11.6 Å². The van der Waals surface area contributed by atoms with Crippen LogP contribution in [0.15, 0.2) is 41.9 Å². The van der Waals surface area contributed by atoms with Gasteiger partial charge in [0.15, 0.2) is 6.23 Å². The lowest BCUT2D eigenvalue weighted by atomic mass is 9.99. The molecule has 2 aromatic heterocycles. The normalized spacial score (nSPS) is 26.8. The molecule has 0 radical (unpaired) electrons. The minimum absolute atomic E-state index is 0.0677. The highest BCUT2D eigenvalue weighted by atomic mass is 35.5. The average molecular weight is 411 g/mol. The molecule has 28 heavy (non-hydrogen) atoms. The summed E-state index contributed by atoms with van der Waals surface area (Å²) >= 11 is 5.75. The number of rotatable bonds is 3. The SMILES string of the molecule is O/N=c1\nc[nH]c2c1ccn2[C@@H]1O[C@H]([C@H](O)c2ccc(F)c(Cl)c2)[C@@H](O)[C@H]1O. The number of H-pyrrole nitrogens is 1. The lowest BCUT2D eigenvalue weighted by Gasteiger charge is -2.21. The van der Waals surface area contributed by atoms with Crippen molar-refractivity contribution in [3.63, 3.8) is 0 Å². The van der Waals surface area contributed by atoms with Crippen LogP contribution in [0.3, 0.4) is 0 Å². The van der Waals surface area contributed by atoms with Crippen molar-refractivity contribution in [3.8, 4) is 0 Å². The van der Waals surface area contributed by atoms with Gasteiger partial charge in [0.1, 0.15) is 35.9 Å². The molecule has 5 N–H and O–H groups in total. The van der Waals surface area contributed by atoms with Crippen LogP contribution in [-0.2, 0) is 4.74 Å². The Hall–Kier alpha value is -2.50. The van der Waals surface area contributed by atoms with E-state index in [4.69, 9.17) is 21.5 Å². The predicted octanol–water partition coefficient (Wildman–Crippen LogP) is 0.800. The molecular formula is C17H16ClFN4O5. The van der Waals surface area contributed by atoms with Crippen LogP contribution in [0.25, 0.3) is 11.0 Å². The monoisotopic (exact) mass is 410 g/mol. The minimum Gasteiger partial charge on any atom is -0.409 e. The first kappa shape index (κ1) is 18.8. The molecule has 0 bridgehead atoms. The lowest BCUT2D eigenvalue weighted by Crippen LogP contribution is -2.34. The Balaban J connectivity index is 1.67. The molecule has 0 spiro atoms. The molecule has 148 valence electrons. The van der Waals surface area contributed by atoms with E-state index < -0.39 is 36.5 Å². The molecule has 1 aliphatic rings. The number of hydrogen-bond acceptors (Lipinski definition) is 7. The summed E-state index contributed by atoms with van der Waals surface area (Å²) in [6.45, 7) is 0. The molecule has 1 aromatic carbocycles. The lowest BCUT2D eigenvalue weighted by molar-refractivity contribution is -0.0848. The van der Waals surface area contributed by atoms with Crippen molar-refractivity contribution in [1.82, 2.24) is 14.5 Å². The van der Waals surface area contributed by atoms with E-state index in [9.17, 15) is 19.7 Å². The number of aromatic amines is 1. The Morgan fingerprint density at radius 1 is 1.29 bits per heavy atom. The zero-order chi connectivity index (χ0) is 20.0. The second-order valence-electron chi connectivity index (χ2n) is 6.40. The van der Waals surface area contributed by atoms with Gasteiger partial charge in [-0.1, -0.05) is 22.8 Å². The number of nitrogens with one attached hydrogen (secondary N) is 1. The van der Waals surface area contributed by atoms with Crippen molar-refractivity contribution in [3.05, 3.63) is 58.7 Å². The van der Waals surface area contributed by atoms with Gasteiger partial charge in [0, 0.05) is 6.20 Å². The standard InChI is InChI=1S/C17H16ClFN4O5/c18-9-5-7(1-2-10(9)19)11(24)14-12(25)13(26)17(28-14)23-4-3-8-15(22-27)20-6-21-16(8)23/h1-6,11-14,17,24-27H,(H,20,21,22)/t11-,12+,13-,14-,17-/m1/s1. The van der Waals surface area contributed by atoms with Gasteiger partial charge in [-0.25, -0.2) is 9.37 Å². The summed E-state index contributed by atoms with van der Waals surface area (Å²) in [6, 6.07) is 5.25. The molecule has 3 heterocycles. The van der Waals surface area contributed by atoms with E-state index in [1.54, 1.807) is 12.3 Å². The Kier molecular flexibility index (Phi) is 4.81. The molecule has 1 saturated heterocycles. The summed E-state index contributed by atoms with van der Waals surface area (Å²) < 4.78 is 20.6. The van der Waals surface area contributed by atoms with Crippen LogP contribution < -0.4 is 5.49 Å². The number of aliphatic hydroxyl groups excluding tert-OH is 3. The van der Waals surface area contributed by atoms with Crippen molar-refractivity contribution in [2.24, 2.45) is 5.16 Å². The van der Waals surface area contributed by atoms with Gasteiger partial charge in [0.2, 0.25) is 5.49 Å². The van der Waals surface area contributed by atoms with Gasteiger partial charge in [-0.2, -0.15) is 0 Å². The predicted molar refractivity (Wildman–Crippen MR) is 93.7 cm³/mol. The number of benzene rings is 1. The Morgan fingerprint density at radius 2 is 2.07 bits per heavy atom.